The van der Waals surface area contributed by atoms with E-state index in [0.29, 0.717) is 12.3 Å². The number of nitrogens with zero attached hydrogens (tertiary/aromatic N) is 5. The number of aromatic nitrogens is 6. The van der Waals surface area contributed by atoms with Gasteiger partial charge in [-0.1, -0.05) is 0 Å². The molecule has 0 aromatic carbocycles. The van der Waals surface area contributed by atoms with E-state index in [1.807, 2.05) is 0 Å². The second kappa shape index (κ2) is 4.80. The first-order valence-corrected chi connectivity index (χ1v) is 7.87. The van der Waals surface area contributed by atoms with Crippen LogP contribution in [0.2, 0.25) is 0 Å². The predicted molar refractivity (Wildman–Crippen MR) is 78.1 cm³/mol. The largest absolute Gasteiger partial charge is 0.349 e. The first-order valence-electron chi connectivity index (χ1n) is 5.72. The first-order chi connectivity index (χ1) is 9.88. The Morgan fingerprint density at radius 2 is 2.00 bits per heavy atom. The van der Waals surface area contributed by atoms with Gasteiger partial charge in [-0.25, -0.2) is 19.9 Å². The van der Waals surface area contributed by atoms with Gasteiger partial charge in [0.2, 0.25) is 0 Å². The summed E-state index contributed by atoms with van der Waals surface area (Å²) >= 11 is 0. The van der Waals surface area contributed by atoms with Gasteiger partial charge < -0.3 is 15.3 Å². The molecule has 0 atom stereocenters. The standard InChI is InChI=1S/C10H8N8S2/c1-5-7(13-3-11-1)17-9(15-5)19-20-10-16-6-2-12-4-14-8(6)18-10/h1-3,14H,4H2,(H,16,18)(H,11,13,15,17). The van der Waals surface area contributed by atoms with Crippen molar-refractivity contribution in [1.82, 2.24) is 29.9 Å². The summed E-state index contributed by atoms with van der Waals surface area (Å²) in [6, 6.07) is 0. The van der Waals surface area contributed by atoms with Gasteiger partial charge in [0, 0.05) is 0 Å². The number of aliphatic imine (C=N–C) groups is 1. The van der Waals surface area contributed by atoms with Crippen molar-refractivity contribution < 1.29 is 0 Å². The quantitative estimate of drug-likeness (QED) is 0.632. The Kier molecular flexibility index (Phi) is 2.81. The van der Waals surface area contributed by atoms with Crippen LogP contribution in [0.3, 0.4) is 0 Å². The zero-order valence-electron chi connectivity index (χ0n) is 9.99. The Balaban J connectivity index is 1.52. The molecule has 3 aromatic rings. The number of H-pyrrole nitrogens is 2. The molecule has 8 nitrogen and oxygen atoms in total. The maximum Gasteiger partial charge on any atom is 0.181 e. The normalized spacial score (nSPS) is 13.4. The van der Waals surface area contributed by atoms with Gasteiger partial charge in [0.15, 0.2) is 21.8 Å². The van der Waals surface area contributed by atoms with Crippen molar-refractivity contribution >= 4 is 44.8 Å². The van der Waals surface area contributed by atoms with Crippen LogP contribution in [-0.4, -0.2) is 42.8 Å². The third-order valence-corrected chi connectivity index (χ3v) is 4.59. The molecule has 0 radical (unpaired) electrons. The molecule has 4 heterocycles. The fraction of sp³-hybridized carbons (Fsp3) is 0.100. The third kappa shape index (κ3) is 2.12. The van der Waals surface area contributed by atoms with Crippen LogP contribution in [0.1, 0.15) is 5.69 Å². The molecule has 0 saturated carbocycles. The van der Waals surface area contributed by atoms with Crippen LogP contribution in [0.25, 0.3) is 11.2 Å². The van der Waals surface area contributed by atoms with E-state index in [1.165, 1.54) is 27.9 Å². The van der Waals surface area contributed by atoms with E-state index in [-0.39, 0.29) is 0 Å². The molecule has 0 spiro atoms. The van der Waals surface area contributed by atoms with E-state index in [1.54, 1.807) is 12.4 Å². The second-order valence-corrected chi connectivity index (χ2v) is 6.03. The average molecular weight is 304 g/mol. The molecule has 20 heavy (non-hydrogen) atoms. The van der Waals surface area contributed by atoms with Crippen molar-refractivity contribution in [3.8, 4) is 0 Å². The highest BCUT2D eigenvalue weighted by atomic mass is 33.1. The highest BCUT2D eigenvalue weighted by molar-refractivity contribution is 8.76. The number of fused-ring (bicyclic) bond motifs is 2. The third-order valence-electron chi connectivity index (χ3n) is 2.61. The molecule has 1 aliphatic rings. The lowest BCUT2D eigenvalue weighted by atomic mass is 10.4. The zero-order valence-corrected chi connectivity index (χ0v) is 11.6. The topological polar surface area (TPSA) is 108 Å². The number of nitrogens with one attached hydrogen (secondary N) is 3. The van der Waals surface area contributed by atoms with Crippen molar-refractivity contribution in [3.63, 3.8) is 0 Å². The maximum absolute atomic E-state index is 4.43. The van der Waals surface area contributed by atoms with Gasteiger partial charge >= 0.3 is 0 Å². The van der Waals surface area contributed by atoms with Crippen LogP contribution in [0.4, 0.5) is 5.82 Å². The molecule has 0 fully saturated rings. The SMILES string of the molecule is C1=NCNc2nc(SSc3nc4ncncc4[nH]3)[nH]c21. The molecule has 0 unspecified atom stereocenters. The summed E-state index contributed by atoms with van der Waals surface area (Å²) in [5, 5.41) is 4.66. The molecule has 4 rings (SSSR count). The lowest BCUT2D eigenvalue weighted by Gasteiger charge is -2.03. The fourth-order valence-electron chi connectivity index (χ4n) is 1.75. The highest BCUT2D eigenvalue weighted by Crippen LogP contribution is 2.35. The van der Waals surface area contributed by atoms with Crippen LogP contribution < -0.4 is 5.32 Å². The second-order valence-electron chi connectivity index (χ2n) is 3.92. The van der Waals surface area contributed by atoms with Gasteiger partial charge in [0.05, 0.1) is 12.4 Å². The van der Waals surface area contributed by atoms with Gasteiger partial charge in [-0.15, -0.1) is 0 Å². The van der Waals surface area contributed by atoms with Gasteiger partial charge in [0.1, 0.15) is 24.2 Å². The molecule has 3 aromatic heterocycles. The summed E-state index contributed by atoms with van der Waals surface area (Å²) in [6.07, 6.45) is 4.97. The molecule has 0 aliphatic carbocycles. The number of hydrogen-bond donors (Lipinski definition) is 3. The Labute approximate surface area is 120 Å². The molecule has 10 heteroatoms. The number of hydrogen-bond acceptors (Lipinski definition) is 8. The van der Waals surface area contributed by atoms with E-state index in [9.17, 15) is 0 Å². The average Bonchev–Trinajstić information content (AvgIpc) is 3.07. The summed E-state index contributed by atoms with van der Waals surface area (Å²) in [5.41, 5.74) is 2.38. The summed E-state index contributed by atoms with van der Waals surface area (Å²) in [4.78, 5) is 27.3. The van der Waals surface area contributed by atoms with Crippen LogP contribution >= 0.6 is 21.6 Å². The van der Waals surface area contributed by atoms with Crippen LogP contribution in [0.15, 0.2) is 27.8 Å². The summed E-state index contributed by atoms with van der Waals surface area (Å²) in [5.74, 6) is 0.832. The summed E-state index contributed by atoms with van der Waals surface area (Å²) in [7, 11) is 2.97. The van der Waals surface area contributed by atoms with Gasteiger partial charge in [-0.2, -0.15) is 0 Å². The molecule has 0 amide bonds. The van der Waals surface area contributed by atoms with Crippen molar-refractivity contribution in [1.29, 1.82) is 0 Å². The minimum atomic E-state index is 0.567. The van der Waals surface area contributed by atoms with Crippen LogP contribution in [0, 0.1) is 0 Å². The van der Waals surface area contributed by atoms with E-state index in [0.717, 1.165) is 27.3 Å². The van der Waals surface area contributed by atoms with Crippen molar-refractivity contribution in [2.45, 2.75) is 10.3 Å². The molecule has 0 bridgehead atoms. The molecule has 1 aliphatic heterocycles. The van der Waals surface area contributed by atoms with Gasteiger partial charge in [-0.05, 0) is 21.6 Å². The maximum atomic E-state index is 4.43. The number of aromatic amines is 2. The molecule has 0 saturated heterocycles. The Morgan fingerprint density at radius 3 is 2.85 bits per heavy atom. The molecule has 100 valence electrons. The zero-order chi connectivity index (χ0) is 13.4. The lowest BCUT2D eigenvalue weighted by Crippen LogP contribution is -2.06. The van der Waals surface area contributed by atoms with E-state index in [4.69, 9.17) is 0 Å². The van der Waals surface area contributed by atoms with Crippen LogP contribution in [0.5, 0.6) is 0 Å². The number of rotatable bonds is 3. The van der Waals surface area contributed by atoms with Crippen molar-refractivity contribution in [2.75, 3.05) is 12.0 Å². The lowest BCUT2D eigenvalue weighted by molar-refractivity contribution is 1.06. The first kappa shape index (κ1) is 11.7. The fourth-order valence-corrected chi connectivity index (χ4v) is 3.41. The van der Waals surface area contributed by atoms with Gasteiger partial charge in [0.25, 0.3) is 0 Å². The minimum Gasteiger partial charge on any atom is -0.349 e. The van der Waals surface area contributed by atoms with Gasteiger partial charge in [-0.3, -0.25) is 4.99 Å². The van der Waals surface area contributed by atoms with Crippen molar-refractivity contribution in [2.24, 2.45) is 4.99 Å². The molecular formula is C10H8N8S2. The van der Waals surface area contributed by atoms with Crippen LogP contribution in [-0.2, 0) is 0 Å². The minimum absolute atomic E-state index is 0.567. The summed E-state index contributed by atoms with van der Waals surface area (Å²) in [6.45, 7) is 0.567. The van der Waals surface area contributed by atoms with E-state index in [2.05, 4.69) is 40.2 Å². The highest BCUT2D eigenvalue weighted by Gasteiger charge is 2.12. The smallest absolute Gasteiger partial charge is 0.181 e. The predicted octanol–water partition coefficient (Wildman–Crippen LogP) is 1.68. The molecular weight excluding hydrogens is 296 g/mol. The Bertz CT molecular complexity index is 759. The van der Waals surface area contributed by atoms with E-state index >= 15 is 0 Å². The van der Waals surface area contributed by atoms with Crippen molar-refractivity contribution in [3.05, 3.63) is 18.2 Å². The number of imidazole rings is 2. The Hall–Kier alpha value is -2.07. The molecule has 3 N–H and O–H groups in total. The monoisotopic (exact) mass is 304 g/mol. The number of anilines is 1. The van der Waals surface area contributed by atoms with E-state index < -0.39 is 0 Å². The Morgan fingerprint density at radius 1 is 1.10 bits per heavy atom. The summed E-state index contributed by atoms with van der Waals surface area (Å²) < 4.78 is 0.